The van der Waals surface area contributed by atoms with E-state index in [0.29, 0.717) is 17.1 Å². The van der Waals surface area contributed by atoms with E-state index in [2.05, 4.69) is 9.71 Å². The molecule has 0 fully saturated rings. The summed E-state index contributed by atoms with van der Waals surface area (Å²) in [6, 6.07) is 3.24. The van der Waals surface area contributed by atoms with Crippen LogP contribution < -0.4 is 10.5 Å². The number of anilines is 1. The van der Waals surface area contributed by atoms with Crippen molar-refractivity contribution in [1.29, 1.82) is 0 Å². The molecule has 0 aliphatic heterocycles. The zero-order chi connectivity index (χ0) is 15.0. The maximum absolute atomic E-state index is 12.5. The van der Waals surface area contributed by atoms with Gasteiger partial charge in [0.05, 0.1) is 6.26 Å². The quantitative estimate of drug-likeness (QED) is 0.739. The number of imidazole rings is 1. The second-order valence-electron chi connectivity index (χ2n) is 4.66. The molecule has 3 heterocycles. The van der Waals surface area contributed by atoms with E-state index in [0.717, 1.165) is 0 Å². The second-order valence-corrected chi connectivity index (χ2v) is 7.17. The van der Waals surface area contributed by atoms with Crippen LogP contribution in [0.3, 0.4) is 0 Å². The highest BCUT2D eigenvalue weighted by Gasteiger charge is 2.26. The van der Waals surface area contributed by atoms with Gasteiger partial charge in [0.15, 0.2) is 15.8 Å². The number of nitrogen functional groups attached to an aromatic ring is 1. The number of hydrogen-bond donors (Lipinski definition) is 2. The van der Waals surface area contributed by atoms with Crippen LogP contribution in [0.1, 0.15) is 12.7 Å². The normalized spacial score (nSPS) is 13.8. The SMILES string of the molecule is CC(Cc1ccco1)NS(=O)(=O)c1c(N)nc2sccn12. The molecular weight excluding hydrogens is 312 g/mol. The molecule has 0 saturated heterocycles. The fraction of sp³-hybridized carbons (Fsp3) is 0.250. The van der Waals surface area contributed by atoms with Gasteiger partial charge in [-0.2, -0.15) is 0 Å². The van der Waals surface area contributed by atoms with E-state index in [1.54, 1.807) is 36.9 Å². The lowest BCUT2D eigenvalue weighted by Gasteiger charge is -2.12. The van der Waals surface area contributed by atoms with Crippen molar-refractivity contribution in [2.24, 2.45) is 0 Å². The van der Waals surface area contributed by atoms with E-state index in [1.807, 2.05) is 0 Å². The number of aromatic nitrogens is 2. The van der Waals surface area contributed by atoms with E-state index in [9.17, 15) is 8.42 Å². The van der Waals surface area contributed by atoms with Crippen molar-refractivity contribution in [3.63, 3.8) is 0 Å². The number of nitrogens with two attached hydrogens (primary N) is 1. The molecule has 0 amide bonds. The Bertz CT molecular complexity index is 848. The van der Waals surface area contributed by atoms with Gasteiger partial charge < -0.3 is 10.2 Å². The first-order valence-corrected chi connectivity index (χ1v) is 8.59. The van der Waals surface area contributed by atoms with E-state index < -0.39 is 10.0 Å². The van der Waals surface area contributed by atoms with Crippen molar-refractivity contribution in [2.45, 2.75) is 24.4 Å². The van der Waals surface area contributed by atoms with Gasteiger partial charge >= 0.3 is 0 Å². The molecule has 1 atom stereocenters. The molecule has 3 aromatic heterocycles. The third-order valence-corrected chi connectivity index (χ3v) is 5.33. The van der Waals surface area contributed by atoms with Crippen LogP contribution in [0.4, 0.5) is 5.82 Å². The zero-order valence-electron chi connectivity index (χ0n) is 11.2. The molecule has 0 spiro atoms. The summed E-state index contributed by atoms with van der Waals surface area (Å²) in [5, 5.41) is 1.73. The molecule has 3 N–H and O–H groups in total. The van der Waals surface area contributed by atoms with Crippen LogP contribution in [0.25, 0.3) is 4.96 Å². The Morgan fingerprint density at radius 2 is 2.38 bits per heavy atom. The fourth-order valence-corrected chi connectivity index (χ4v) is 4.37. The first-order valence-electron chi connectivity index (χ1n) is 6.23. The average Bonchev–Trinajstić information content (AvgIpc) is 3.04. The average molecular weight is 326 g/mol. The third-order valence-electron chi connectivity index (χ3n) is 2.94. The number of nitrogens with zero attached hydrogens (tertiary/aromatic N) is 2. The maximum Gasteiger partial charge on any atom is 0.260 e. The fourth-order valence-electron chi connectivity index (χ4n) is 2.14. The summed E-state index contributed by atoms with van der Waals surface area (Å²) in [6.45, 7) is 1.77. The summed E-state index contributed by atoms with van der Waals surface area (Å²) >= 11 is 1.33. The van der Waals surface area contributed by atoms with E-state index >= 15 is 0 Å². The molecule has 21 heavy (non-hydrogen) atoms. The van der Waals surface area contributed by atoms with Gasteiger partial charge in [-0.15, -0.1) is 11.3 Å². The Kier molecular flexibility index (Phi) is 3.47. The van der Waals surface area contributed by atoms with E-state index in [1.165, 1.54) is 15.7 Å². The molecule has 0 saturated carbocycles. The molecule has 0 aliphatic rings. The lowest BCUT2D eigenvalue weighted by Crippen LogP contribution is -2.35. The van der Waals surface area contributed by atoms with Crippen molar-refractivity contribution < 1.29 is 12.8 Å². The van der Waals surface area contributed by atoms with Crippen molar-refractivity contribution in [1.82, 2.24) is 14.1 Å². The predicted octanol–water partition coefficient (Wildman–Crippen LogP) is 1.48. The number of hydrogen-bond acceptors (Lipinski definition) is 6. The minimum Gasteiger partial charge on any atom is -0.469 e. The third kappa shape index (κ3) is 2.67. The monoisotopic (exact) mass is 326 g/mol. The Morgan fingerprint density at radius 1 is 1.57 bits per heavy atom. The molecule has 0 aromatic carbocycles. The van der Waals surface area contributed by atoms with Gasteiger partial charge in [0.2, 0.25) is 0 Å². The molecule has 1 unspecified atom stereocenters. The van der Waals surface area contributed by atoms with E-state index in [-0.39, 0.29) is 16.9 Å². The second kappa shape index (κ2) is 5.17. The number of furan rings is 1. The zero-order valence-corrected chi connectivity index (χ0v) is 12.8. The first kappa shape index (κ1) is 14.1. The summed E-state index contributed by atoms with van der Waals surface area (Å²) in [4.78, 5) is 4.59. The van der Waals surface area contributed by atoms with Crippen molar-refractivity contribution in [3.8, 4) is 0 Å². The molecule has 3 aromatic rings. The minimum atomic E-state index is -3.76. The van der Waals surface area contributed by atoms with E-state index in [4.69, 9.17) is 10.2 Å². The van der Waals surface area contributed by atoms with Crippen molar-refractivity contribution in [2.75, 3.05) is 5.73 Å². The molecule has 0 bridgehead atoms. The summed E-state index contributed by atoms with van der Waals surface area (Å²) in [5.41, 5.74) is 5.73. The summed E-state index contributed by atoms with van der Waals surface area (Å²) in [7, 11) is -3.76. The molecule has 9 heteroatoms. The van der Waals surface area contributed by atoms with Gasteiger partial charge in [-0.25, -0.2) is 18.1 Å². The minimum absolute atomic E-state index is 0.000418. The molecule has 0 radical (unpaired) electrons. The molecule has 112 valence electrons. The van der Waals surface area contributed by atoms with Gasteiger partial charge in [0.25, 0.3) is 10.0 Å². The van der Waals surface area contributed by atoms with Gasteiger partial charge in [0.1, 0.15) is 5.76 Å². The van der Waals surface area contributed by atoms with Gasteiger partial charge in [-0.3, -0.25) is 4.40 Å². The Balaban J connectivity index is 1.86. The lowest BCUT2D eigenvalue weighted by molar-refractivity contribution is 0.478. The summed E-state index contributed by atoms with van der Waals surface area (Å²) < 4.78 is 34.3. The van der Waals surface area contributed by atoms with Crippen LogP contribution >= 0.6 is 11.3 Å². The summed E-state index contributed by atoms with van der Waals surface area (Å²) in [6.07, 6.45) is 3.65. The summed E-state index contributed by atoms with van der Waals surface area (Å²) in [5.74, 6) is 0.715. The maximum atomic E-state index is 12.5. The van der Waals surface area contributed by atoms with Crippen LogP contribution in [0, 0.1) is 0 Å². The molecule has 7 nitrogen and oxygen atoms in total. The van der Waals surface area contributed by atoms with Gasteiger partial charge in [0, 0.05) is 24.0 Å². The smallest absolute Gasteiger partial charge is 0.260 e. The molecular formula is C12H14N4O3S2. The highest BCUT2D eigenvalue weighted by Crippen LogP contribution is 2.23. The van der Waals surface area contributed by atoms with Crippen molar-refractivity contribution >= 4 is 32.1 Å². The first-order chi connectivity index (χ1) is 9.97. The van der Waals surface area contributed by atoms with Crippen LogP contribution in [-0.4, -0.2) is 23.8 Å². The van der Waals surface area contributed by atoms with Crippen molar-refractivity contribution in [3.05, 3.63) is 35.7 Å². The highest BCUT2D eigenvalue weighted by atomic mass is 32.2. The standard InChI is InChI=1S/C12H14N4O3S2/c1-8(7-9-3-2-5-19-9)15-21(17,18)11-10(13)14-12-16(11)4-6-20-12/h2-6,8,15H,7,13H2,1H3. The van der Waals surface area contributed by atoms with Gasteiger partial charge in [-0.1, -0.05) is 0 Å². The number of thiazole rings is 1. The Hall–Kier alpha value is -1.84. The largest absolute Gasteiger partial charge is 0.469 e. The van der Waals surface area contributed by atoms with Crippen LogP contribution in [0.15, 0.2) is 39.4 Å². The molecule has 0 aliphatic carbocycles. The highest BCUT2D eigenvalue weighted by molar-refractivity contribution is 7.89. The lowest BCUT2D eigenvalue weighted by atomic mass is 10.2. The number of rotatable bonds is 5. The van der Waals surface area contributed by atoms with Gasteiger partial charge in [-0.05, 0) is 19.1 Å². The number of sulfonamides is 1. The predicted molar refractivity (Wildman–Crippen MR) is 79.7 cm³/mol. The topological polar surface area (TPSA) is 103 Å². The van der Waals surface area contributed by atoms with Crippen LogP contribution in [0.2, 0.25) is 0 Å². The Morgan fingerprint density at radius 3 is 3.10 bits per heavy atom. The molecule has 3 rings (SSSR count). The Labute approximate surface area is 125 Å². The van der Waals surface area contributed by atoms with Crippen LogP contribution in [-0.2, 0) is 16.4 Å². The number of fused-ring (bicyclic) bond motifs is 1. The number of nitrogens with one attached hydrogen (secondary N) is 1. The van der Waals surface area contributed by atoms with Crippen LogP contribution in [0.5, 0.6) is 0 Å².